The van der Waals surface area contributed by atoms with E-state index in [9.17, 15) is 4.79 Å². The molecule has 1 aromatic rings. The SMILES string of the molecule is N#CC1=CC=CCC=C1OCC(=O)Nc1ccc(Br)cc1. The van der Waals surface area contributed by atoms with Gasteiger partial charge in [0.25, 0.3) is 5.91 Å². The predicted molar refractivity (Wildman–Crippen MR) is 84.3 cm³/mol. The lowest BCUT2D eigenvalue weighted by Gasteiger charge is -2.09. The number of nitriles is 1. The number of carbonyl (C=O) groups is 1. The number of rotatable bonds is 4. The Hall–Kier alpha value is -2.32. The first-order valence-corrected chi connectivity index (χ1v) is 7.14. The van der Waals surface area contributed by atoms with Crippen molar-refractivity contribution >= 4 is 27.5 Å². The molecule has 0 atom stereocenters. The largest absolute Gasteiger partial charge is 0.483 e. The average Bonchev–Trinajstić information content (AvgIpc) is 2.72. The van der Waals surface area contributed by atoms with Crippen molar-refractivity contribution in [2.75, 3.05) is 11.9 Å². The van der Waals surface area contributed by atoms with Crippen molar-refractivity contribution in [1.82, 2.24) is 0 Å². The molecule has 0 spiro atoms. The van der Waals surface area contributed by atoms with Crippen LogP contribution in [0.25, 0.3) is 0 Å². The van der Waals surface area contributed by atoms with Crippen LogP contribution in [-0.4, -0.2) is 12.5 Å². The van der Waals surface area contributed by atoms with Crippen molar-refractivity contribution in [2.24, 2.45) is 0 Å². The fraction of sp³-hybridized carbons (Fsp3) is 0.125. The highest BCUT2D eigenvalue weighted by Gasteiger charge is 2.10. The molecule has 0 bridgehead atoms. The van der Waals surface area contributed by atoms with Gasteiger partial charge in [-0.15, -0.1) is 0 Å². The number of allylic oxidation sites excluding steroid dienone is 5. The molecule has 5 heteroatoms. The van der Waals surface area contributed by atoms with Gasteiger partial charge in [-0.05, 0) is 42.8 Å². The zero-order valence-electron chi connectivity index (χ0n) is 11.2. The Bertz CT molecular complexity index is 652. The number of nitrogens with zero attached hydrogens (tertiary/aromatic N) is 1. The number of anilines is 1. The predicted octanol–water partition coefficient (Wildman–Crippen LogP) is 3.70. The van der Waals surface area contributed by atoms with Gasteiger partial charge in [0.15, 0.2) is 6.61 Å². The van der Waals surface area contributed by atoms with Gasteiger partial charge in [-0.1, -0.05) is 28.1 Å². The standard InChI is InChI=1S/C16H13BrN2O2/c17-13-6-8-14(9-7-13)19-16(20)11-21-15-5-3-1-2-4-12(15)10-18/h1-2,4-9H,3,11H2,(H,19,20). The molecule has 0 saturated carbocycles. The van der Waals surface area contributed by atoms with Crippen LogP contribution >= 0.6 is 15.9 Å². The van der Waals surface area contributed by atoms with Crippen LogP contribution in [0.4, 0.5) is 5.69 Å². The van der Waals surface area contributed by atoms with E-state index in [1.807, 2.05) is 18.2 Å². The highest BCUT2D eigenvalue weighted by Crippen LogP contribution is 2.16. The number of hydrogen-bond donors (Lipinski definition) is 1. The van der Waals surface area contributed by atoms with Crippen molar-refractivity contribution in [2.45, 2.75) is 6.42 Å². The van der Waals surface area contributed by atoms with Crippen molar-refractivity contribution in [3.63, 3.8) is 0 Å². The molecule has 0 aliphatic heterocycles. The number of benzene rings is 1. The molecule has 1 aliphatic carbocycles. The lowest BCUT2D eigenvalue weighted by molar-refractivity contribution is -0.119. The van der Waals surface area contributed by atoms with Crippen LogP contribution in [0.15, 0.2) is 64.4 Å². The lowest BCUT2D eigenvalue weighted by atomic mass is 10.2. The molecule has 0 saturated heterocycles. The molecular weight excluding hydrogens is 332 g/mol. The van der Waals surface area contributed by atoms with E-state index in [2.05, 4.69) is 27.3 Å². The second-order valence-electron chi connectivity index (χ2n) is 4.27. The molecular formula is C16H13BrN2O2. The van der Waals surface area contributed by atoms with Gasteiger partial charge >= 0.3 is 0 Å². The number of halogens is 1. The maximum atomic E-state index is 11.8. The first-order valence-electron chi connectivity index (χ1n) is 6.34. The van der Waals surface area contributed by atoms with Gasteiger partial charge in [0.1, 0.15) is 11.8 Å². The topological polar surface area (TPSA) is 62.1 Å². The maximum Gasteiger partial charge on any atom is 0.262 e. The number of amides is 1. The average molecular weight is 345 g/mol. The van der Waals surface area contributed by atoms with E-state index in [0.29, 0.717) is 23.4 Å². The van der Waals surface area contributed by atoms with E-state index in [0.717, 1.165) is 4.47 Å². The van der Waals surface area contributed by atoms with E-state index < -0.39 is 0 Å². The Labute approximate surface area is 131 Å². The fourth-order valence-electron chi connectivity index (χ4n) is 1.71. The summed E-state index contributed by atoms with van der Waals surface area (Å²) in [6, 6.07) is 9.31. The summed E-state index contributed by atoms with van der Waals surface area (Å²) in [6.45, 7) is -0.138. The molecule has 0 fully saturated rings. The quantitative estimate of drug-likeness (QED) is 0.905. The molecule has 1 aromatic carbocycles. The summed E-state index contributed by atoms with van der Waals surface area (Å²) < 4.78 is 6.37. The molecule has 4 nitrogen and oxygen atoms in total. The Morgan fingerprint density at radius 3 is 2.86 bits per heavy atom. The van der Waals surface area contributed by atoms with E-state index >= 15 is 0 Å². The van der Waals surface area contributed by atoms with Gasteiger partial charge in [0.2, 0.25) is 0 Å². The Morgan fingerprint density at radius 2 is 2.14 bits per heavy atom. The Balaban J connectivity index is 1.91. The molecule has 1 N–H and O–H groups in total. The molecule has 0 heterocycles. The van der Waals surface area contributed by atoms with Crippen LogP contribution in [0.2, 0.25) is 0 Å². The van der Waals surface area contributed by atoms with Crippen LogP contribution in [0.5, 0.6) is 0 Å². The van der Waals surface area contributed by atoms with Gasteiger partial charge in [-0.3, -0.25) is 4.79 Å². The molecule has 0 unspecified atom stereocenters. The van der Waals surface area contributed by atoms with E-state index in [1.165, 1.54) is 0 Å². The normalized spacial score (nSPS) is 13.5. The Morgan fingerprint density at radius 1 is 1.38 bits per heavy atom. The van der Waals surface area contributed by atoms with Gasteiger partial charge in [0.05, 0.1) is 5.57 Å². The van der Waals surface area contributed by atoms with Crippen LogP contribution in [0, 0.1) is 11.3 Å². The molecule has 1 amide bonds. The summed E-state index contributed by atoms with van der Waals surface area (Å²) in [4.78, 5) is 11.8. The third-order valence-electron chi connectivity index (χ3n) is 2.71. The first kappa shape index (κ1) is 15.1. The van der Waals surface area contributed by atoms with Crippen LogP contribution in [0.3, 0.4) is 0 Å². The van der Waals surface area contributed by atoms with E-state index in [1.54, 1.807) is 30.4 Å². The second kappa shape index (κ2) is 7.46. The summed E-state index contributed by atoms with van der Waals surface area (Å²) in [7, 11) is 0. The zero-order chi connectivity index (χ0) is 15.1. The zero-order valence-corrected chi connectivity index (χ0v) is 12.8. The molecule has 1 aliphatic rings. The molecule has 2 rings (SSSR count). The van der Waals surface area contributed by atoms with Crippen LogP contribution in [0.1, 0.15) is 6.42 Å². The summed E-state index contributed by atoms with van der Waals surface area (Å²) in [6.07, 6.45) is 7.84. The number of carbonyl (C=O) groups excluding carboxylic acids is 1. The number of hydrogen-bond acceptors (Lipinski definition) is 3. The highest BCUT2D eigenvalue weighted by molar-refractivity contribution is 9.10. The smallest absolute Gasteiger partial charge is 0.262 e. The number of ether oxygens (including phenoxy) is 1. The first-order chi connectivity index (χ1) is 10.2. The van der Waals surface area contributed by atoms with Crippen molar-refractivity contribution in [3.05, 3.63) is 64.4 Å². The fourth-order valence-corrected chi connectivity index (χ4v) is 1.98. The van der Waals surface area contributed by atoms with Crippen LogP contribution < -0.4 is 5.32 Å². The third-order valence-corrected chi connectivity index (χ3v) is 3.24. The van der Waals surface area contributed by atoms with Crippen molar-refractivity contribution in [1.29, 1.82) is 5.26 Å². The van der Waals surface area contributed by atoms with E-state index in [4.69, 9.17) is 10.00 Å². The molecule has 106 valence electrons. The summed E-state index contributed by atoms with van der Waals surface area (Å²) in [5.74, 6) is 0.168. The van der Waals surface area contributed by atoms with E-state index in [-0.39, 0.29) is 12.5 Å². The third kappa shape index (κ3) is 4.62. The monoisotopic (exact) mass is 344 g/mol. The summed E-state index contributed by atoms with van der Waals surface area (Å²) in [5.41, 5.74) is 1.11. The minimum Gasteiger partial charge on any atom is -0.483 e. The summed E-state index contributed by atoms with van der Waals surface area (Å²) >= 11 is 3.33. The molecule has 21 heavy (non-hydrogen) atoms. The van der Waals surface area contributed by atoms with Gasteiger partial charge < -0.3 is 10.1 Å². The highest BCUT2D eigenvalue weighted by atomic mass is 79.9. The Kier molecular flexibility index (Phi) is 5.35. The molecule has 0 radical (unpaired) electrons. The second-order valence-corrected chi connectivity index (χ2v) is 5.18. The maximum absolute atomic E-state index is 11.8. The van der Waals surface area contributed by atoms with Crippen LogP contribution in [-0.2, 0) is 9.53 Å². The summed E-state index contributed by atoms with van der Waals surface area (Å²) in [5, 5.41) is 11.8. The van der Waals surface area contributed by atoms with Gasteiger partial charge in [0, 0.05) is 10.2 Å². The van der Waals surface area contributed by atoms with Gasteiger partial charge in [-0.25, -0.2) is 0 Å². The van der Waals surface area contributed by atoms with Crippen molar-refractivity contribution in [3.8, 4) is 6.07 Å². The lowest BCUT2D eigenvalue weighted by Crippen LogP contribution is -2.18. The molecule has 0 aromatic heterocycles. The minimum absolute atomic E-state index is 0.138. The minimum atomic E-state index is -0.271. The van der Waals surface area contributed by atoms with Gasteiger partial charge in [-0.2, -0.15) is 5.26 Å². The number of nitrogens with one attached hydrogen (secondary N) is 1. The van der Waals surface area contributed by atoms with Crippen molar-refractivity contribution < 1.29 is 9.53 Å².